The van der Waals surface area contributed by atoms with Crippen molar-refractivity contribution in [2.24, 2.45) is 0 Å². The molecule has 1 heterocycles. The van der Waals surface area contributed by atoms with Crippen LogP contribution >= 0.6 is 0 Å². The molecular weight excluding hydrogens is 534 g/mol. The van der Waals surface area contributed by atoms with Crippen molar-refractivity contribution in [3.63, 3.8) is 0 Å². The fraction of sp³-hybridized carbons (Fsp3) is 0.212. The van der Waals surface area contributed by atoms with Gasteiger partial charge < -0.3 is 25.2 Å². The minimum Gasteiger partial charge on any atom is -0.488 e. The van der Waals surface area contributed by atoms with Gasteiger partial charge in [0.1, 0.15) is 17.6 Å². The molecular formula is C33H31N3O6. The number of aromatic nitrogens is 1. The van der Waals surface area contributed by atoms with Crippen LogP contribution in [-0.4, -0.2) is 40.0 Å². The largest absolute Gasteiger partial charge is 0.488 e. The van der Waals surface area contributed by atoms with E-state index in [0.29, 0.717) is 28.5 Å². The first-order valence-corrected chi connectivity index (χ1v) is 13.8. The number of para-hydroxylation sites is 1. The van der Waals surface area contributed by atoms with Crippen LogP contribution in [0.25, 0.3) is 0 Å². The molecule has 214 valence electrons. The topological polar surface area (TPSA) is 127 Å². The minimum absolute atomic E-state index is 0.0255. The zero-order valence-corrected chi connectivity index (χ0v) is 22.9. The Morgan fingerprint density at radius 1 is 0.833 bits per heavy atom. The van der Waals surface area contributed by atoms with E-state index in [-0.39, 0.29) is 41.6 Å². The van der Waals surface area contributed by atoms with Crippen molar-refractivity contribution in [3.05, 3.63) is 114 Å². The van der Waals surface area contributed by atoms with Gasteiger partial charge in [-0.1, -0.05) is 42.8 Å². The second kappa shape index (κ2) is 13.5. The Labute approximate surface area is 243 Å². The molecule has 0 spiro atoms. The van der Waals surface area contributed by atoms with Gasteiger partial charge in [-0.2, -0.15) is 0 Å². The quantitative estimate of drug-likeness (QED) is 0.219. The molecule has 2 atom stereocenters. The van der Waals surface area contributed by atoms with Crippen LogP contribution in [0.3, 0.4) is 0 Å². The SMILES string of the molecule is O=C(Cc1ccc(Oc2ccc(O[C@H]3CCCC[C@@H]3NC(=O)c3ccccc3)cc2)nc1)Nc1ccccc1C(=O)O. The molecule has 0 aliphatic heterocycles. The molecule has 5 rings (SSSR count). The molecule has 2 amide bonds. The van der Waals surface area contributed by atoms with E-state index in [9.17, 15) is 19.5 Å². The number of pyridine rings is 1. The van der Waals surface area contributed by atoms with Crippen molar-refractivity contribution in [2.45, 2.75) is 44.2 Å². The van der Waals surface area contributed by atoms with Crippen LogP contribution in [0.4, 0.5) is 5.69 Å². The summed E-state index contributed by atoms with van der Waals surface area (Å²) in [4.78, 5) is 40.8. The number of hydrogen-bond acceptors (Lipinski definition) is 6. The second-order valence-electron chi connectivity index (χ2n) is 10.0. The number of rotatable bonds is 10. The van der Waals surface area contributed by atoms with Crippen LogP contribution in [0, 0.1) is 0 Å². The predicted octanol–water partition coefficient (Wildman–Crippen LogP) is 5.87. The number of amides is 2. The Morgan fingerprint density at radius 3 is 2.29 bits per heavy atom. The summed E-state index contributed by atoms with van der Waals surface area (Å²) in [5, 5.41) is 15.1. The van der Waals surface area contributed by atoms with Gasteiger partial charge in [0.25, 0.3) is 5.91 Å². The first kappa shape index (κ1) is 28.4. The number of aromatic carboxylic acids is 1. The van der Waals surface area contributed by atoms with Crippen LogP contribution in [-0.2, 0) is 11.2 Å². The van der Waals surface area contributed by atoms with Crippen LogP contribution in [0.2, 0.25) is 0 Å². The fourth-order valence-corrected chi connectivity index (χ4v) is 4.86. The molecule has 42 heavy (non-hydrogen) atoms. The van der Waals surface area contributed by atoms with Gasteiger partial charge in [0.2, 0.25) is 11.8 Å². The third-order valence-corrected chi connectivity index (χ3v) is 6.98. The zero-order valence-electron chi connectivity index (χ0n) is 22.9. The van der Waals surface area contributed by atoms with Gasteiger partial charge >= 0.3 is 5.97 Å². The monoisotopic (exact) mass is 565 g/mol. The number of ether oxygens (including phenoxy) is 2. The Morgan fingerprint density at radius 2 is 1.55 bits per heavy atom. The Kier molecular flexibility index (Phi) is 9.08. The van der Waals surface area contributed by atoms with Gasteiger partial charge in [0, 0.05) is 17.8 Å². The van der Waals surface area contributed by atoms with E-state index < -0.39 is 5.97 Å². The summed E-state index contributed by atoms with van der Waals surface area (Å²) in [6.45, 7) is 0. The van der Waals surface area contributed by atoms with Crippen LogP contribution in [0.1, 0.15) is 52.0 Å². The lowest BCUT2D eigenvalue weighted by atomic mass is 9.92. The smallest absolute Gasteiger partial charge is 0.337 e. The lowest BCUT2D eigenvalue weighted by Gasteiger charge is -2.32. The predicted molar refractivity (Wildman–Crippen MR) is 157 cm³/mol. The summed E-state index contributed by atoms with van der Waals surface area (Å²) in [7, 11) is 0. The van der Waals surface area contributed by atoms with Crippen molar-refractivity contribution >= 4 is 23.5 Å². The molecule has 1 aliphatic carbocycles. The van der Waals surface area contributed by atoms with Crippen molar-refractivity contribution in [2.75, 3.05) is 5.32 Å². The standard InChI is InChI=1S/C33H31N3O6/c37-30(35-27-11-5-4-10-26(27)33(39)40)20-22-14-19-31(34-21-22)42-25-17-15-24(16-18-25)41-29-13-7-6-12-28(29)36-32(38)23-8-2-1-3-9-23/h1-5,8-11,14-19,21,28-29H,6-7,12-13,20H2,(H,35,37)(H,36,38)(H,39,40)/t28-,29-/m0/s1. The Balaban J connectivity index is 1.13. The zero-order chi connectivity index (χ0) is 29.3. The third-order valence-electron chi connectivity index (χ3n) is 6.98. The maximum atomic E-state index is 12.7. The molecule has 9 nitrogen and oxygen atoms in total. The molecule has 1 aromatic heterocycles. The third kappa shape index (κ3) is 7.51. The van der Waals surface area contributed by atoms with Crippen LogP contribution in [0.15, 0.2) is 97.2 Å². The van der Waals surface area contributed by atoms with Gasteiger partial charge in [-0.05, 0) is 73.4 Å². The fourth-order valence-electron chi connectivity index (χ4n) is 4.86. The number of carbonyl (C=O) groups is 3. The van der Waals surface area contributed by atoms with E-state index in [0.717, 1.165) is 25.7 Å². The number of benzene rings is 3. The van der Waals surface area contributed by atoms with E-state index >= 15 is 0 Å². The van der Waals surface area contributed by atoms with Crippen LogP contribution < -0.4 is 20.1 Å². The number of carboxylic acids is 1. The van der Waals surface area contributed by atoms with Gasteiger partial charge in [-0.3, -0.25) is 9.59 Å². The first-order valence-electron chi connectivity index (χ1n) is 13.8. The molecule has 1 saturated carbocycles. The second-order valence-corrected chi connectivity index (χ2v) is 10.0. The first-order chi connectivity index (χ1) is 20.4. The molecule has 0 bridgehead atoms. The summed E-state index contributed by atoms with van der Waals surface area (Å²) >= 11 is 0. The number of nitrogens with zero attached hydrogens (tertiary/aromatic N) is 1. The molecule has 0 saturated heterocycles. The molecule has 1 aliphatic rings. The number of hydrogen-bond donors (Lipinski definition) is 3. The highest BCUT2D eigenvalue weighted by Crippen LogP contribution is 2.27. The summed E-state index contributed by atoms with van der Waals surface area (Å²) in [6.07, 6.45) is 5.26. The van der Waals surface area contributed by atoms with E-state index in [1.165, 1.54) is 6.07 Å². The van der Waals surface area contributed by atoms with Crippen molar-refractivity contribution in [1.82, 2.24) is 10.3 Å². The Hall–Kier alpha value is -5.18. The van der Waals surface area contributed by atoms with Crippen molar-refractivity contribution in [1.29, 1.82) is 0 Å². The normalized spacial score (nSPS) is 16.2. The highest BCUT2D eigenvalue weighted by molar-refractivity contribution is 6.01. The maximum absolute atomic E-state index is 12.7. The van der Waals surface area contributed by atoms with Crippen molar-refractivity contribution in [3.8, 4) is 17.4 Å². The minimum atomic E-state index is -1.11. The van der Waals surface area contributed by atoms with Crippen molar-refractivity contribution < 1.29 is 29.0 Å². The molecule has 1 fully saturated rings. The lowest BCUT2D eigenvalue weighted by Crippen LogP contribution is -2.47. The van der Waals surface area contributed by atoms with Gasteiger partial charge in [0.05, 0.1) is 23.7 Å². The number of nitrogens with one attached hydrogen (secondary N) is 2. The van der Waals surface area contributed by atoms with E-state index in [4.69, 9.17) is 9.47 Å². The summed E-state index contributed by atoms with van der Waals surface area (Å²) in [5.41, 5.74) is 1.55. The number of anilines is 1. The number of carboxylic acid groups (broad SMARTS) is 1. The highest BCUT2D eigenvalue weighted by Gasteiger charge is 2.28. The molecule has 0 radical (unpaired) electrons. The summed E-state index contributed by atoms with van der Waals surface area (Å²) in [5.74, 6) is 0.0616. The highest BCUT2D eigenvalue weighted by atomic mass is 16.5. The van der Waals surface area contributed by atoms with E-state index in [1.807, 2.05) is 30.3 Å². The maximum Gasteiger partial charge on any atom is 0.337 e. The molecule has 9 heteroatoms. The van der Waals surface area contributed by atoms with Crippen LogP contribution in [0.5, 0.6) is 17.4 Å². The van der Waals surface area contributed by atoms with Gasteiger partial charge in [-0.15, -0.1) is 0 Å². The molecule has 3 N–H and O–H groups in total. The molecule has 4 aromatic rings. The molecule has 0 unspecified atom stereocenters. The van der Waals surface area contributed by atoms with Gasteiger partial charge in [0.15, 0.2) is 0 Å². The average molecular weight is 566 g/mol. The molecule has 3 aromatic carbocycles. The van der Waals surface area contributed by atoms with E-state index in [2.05, 4.69) is 15.6 Å². The summed E-state index contributed by atoms with van der Waals surface area (Å²) in [6, 6.07) is 26.0. The average Bonchev–Trinajstić information content (AvgIpc) is 3.00. The number of carbonyl (C=O) groups excluding carboxylic acids is 2. The summed E-state index contributed by atoms with van der Waals surface area (Å²) < 4.78 is 12.1. The van der Waals surface area contributed by atoms with Gasteiger partial charge in [-0.25, -0.2) is 9.78 Å². The Bertz CT molecular complexity index is 1520. The lowest BCUT2D eigenvalue weighted by molar-refractivity contribution is -0.115. The van der Waals surface area contributed by atoms with E-state index in [1.54, 1.807) is 60.8 Å².